The van der Waals surface area contributed by atoms with Gasteiger partial charge in [-0.2, -0.15) is 0 Å². The molecule has 0 N–H and O–H groups in total. The van der Waals surface area contributed by atoms with Gasteiger partial charge in [0.05, 0.1) is 0 Å². The van der Waals surface area contributed by atoms with Crippen LogP contribution in [0.2, 0.25) is 0 Å². The van der Waals surface area contributed by atoms with E-state index in [1.165, 1.54) is 31.8 Å². The summed E-state index contributed by atoms with van der Waals surface area (Å²) >= 11 is 9.56. The Morgan fingerprint density at radius 1 is 0.350 bits per heavy atom. The number of unbranched alkanes of at least 4 members (excludes halogenated alkanes) is 4. The Hall–Kier alpha value is -4.04. The van der Waals surface area contributed by atoms with E-state index in [1.807, 2.05) is 0 Å². The van der Waals surface area contributed by atoms with Crippen molar-refractivity contribution in [2.45, 2.75) is 64.7 Å². The van der Waals surface area contributed by atoms with Gasteiger partial charge in [-0.25, -0.2) is 0 Å². The summed E-state index contributed by atoms with van der Waals surface area (Å²) in [6.07, 6.45) is 7.87. The van der Waals surface area contributed by atoms with Crippen LogP contribution >= 0.6 is 41.6 Å². The van der Waals surface area contributed by atoms with Crippen LogP contribution in [0, 0.1) is 0 Å². The molecule has 0 fully saturated rings. The number of rotatable bonds is 20. The summed E-state index contributed by atoms with van der Waals surface area (Å²) in [6.45, 7) is 5.78. The summed E-state index contributed by atoms with van der Waals surface area (Å²) in [7, 11) is 0. The predicted octanol–water partition coefficient (Wildman–Crippen LogP) is 13.5. The Bertz CT molecular complexity index is 2030. The van der Waals surface area contributed by atoms with Gasteiger partial charge in [0.1, 0.15) is 0 Å². The van der Waals surface area contributed by atoms with Crippen LogP contribution < -0.4 is 41.3 Å². The molecule has 0 atom stereocenters. The normalized spacial score (nSPS) is 13.1. The Balaban J connectivity index is 1.52. The van der Waals surface area contributed by atoms with Crippen molar-refractivity contribution in [3.8, 4) is 11.5 Å². The molecule has 0 saturated carbocycles. The summed E-state index contributed by atoms with van der Waals surface area (Å²) < 4.78 is 14.2. The third-order valence-electron chi connectivity index (χ3n) is 12.0. The molecule has 0 saturated heterocycles. The Morgan fingerprint density at radius 2 is 0.583 bits per heavy atom. The number of benzene rings is 7. The quantitative estimate of drug-likeness (QED) is 0.0560. The molecule has 7 aromatic rings. The van der Waals surface area contributed by atoms with E-state index >= 15 is 0 Å². The van der Waals surface area contributed by atoms with Crippen molar-refractivity contribution < 1.29 is 9.47 Å². The second kappa shape index (κ2) is 19.8. The summed E-state index contributed by atoms with van der Waals surface area (Å²) in [5.74, 6) is 1.84. The van der Waals surface area contributed by atoms with Crippen molar-refractivity contribution >= 4 is 73.4 Å². The molecular weight excluding hydrogens is 902 g/mol. The van der Waals surface area contributed by atoms with Crippen molar-refractivity contribution in [2.75, 3.05) is 13.2 Å². The van der Waals surface area contributed by atoms with Gasteiger partial charge in [0, 0.05) is 0 Å². The van der Waals surface area contributed by atoms with Gasteiger partial charge < -0.3 is 0 Å². The van der Waals surface area contributed by atoms with Crippen LogP contribution in [0.1, 0.15) is 63.5 Å². The van der Waals surface area contributed by atoms with Crippen LogP contribution in [0.5, 0.6) is 11.5 Å². The van der Waals surface area contributed by atoms with E-state index < -0.39 is 10.6 Å². The van der Waals surface area contributed by atoms with E-state index in [-0.39, 0.29) is 0 Å². The maximum atomic E-state index is 7.08. The molecule has 6 heteroatoms. The molecule has 0 aliphatic heterocycles. The molecule has 0 radical (unpaired) electrons. The van der Waals surface area contributed by atoms with Gasteiger partial charge >= 0.3 is 378 Å². The van der Waals surface area contributed by atoms with E-state index in [0.717, 1.165) is 61.2 Å². The molecule has 0 unspecified atom stereocenters. The number of hydrogen-bond donors (Lipinski definition) is 0. The molecular formula is C54H58Br2O2P2. The van der Waals surface area contributed by atoms with Crippen molar-refractivity contribution in [3.05, 3.63) is 205 Å². The fraction of sp³-hybridized carbons (Fsp3) is 0.222. The van der Waals surface area contributed by atoms with E-state index in [4.69, 9.17) is 40.5 Å². The van der Waals surface area contributed by atoms with Crippen molar-refractivity contribution in [2.24, 2.45) is 0 Å². The molecule has 310 valence electrons. The molecule has 0 aliphatic carbocycles. The first-order valence-electron chi connectivity index (χ1n) is 21.5. The molecule has 7 rings (SSSR count). The van der Waals surface area contributed by atoms with Crippen LogP contribution in [-0.2, 0) is 12.3 Å². The van der Waals surface area contributed by atoms with Crippen LogP contribution in [0.15, 0.2) is 194 Å². The average Bonchev–Trinajstić information content (AvgIpc) is 3.32. The summed E-state index contributed by atoms with van der Waals surface area (Å²) in [6, 6.07) is 71.1. The van der Waals surface area contributed by atoms with Crippen molar-refractivity contribution in [1.29, 1.82) is 0 Å². The number of hydrogen-bond acceptors (Lipinski definition) is 2. The minimum absolute atomic E-state index is 0.644. The van der Waals surface area contributed by atoms with Crippen LogP contribution in [0.4, 0.5) is 0 Å². The van der Waals surface area contributed by atoms with Gasteiger partial charge in [0.2, 0.25) is 0 Å². The molecule has 0 aromatic heterocycles. The third-order valence-corrected chi connectivity index (χ3v) is 31.0. The summed E-state index contributed by atoms with van der Waals surface area (Å²) in [5.41, 5.74) is 2.28. The SMILES string of the molecule is CCCCCOc1cc(CP(Br)(c2ccccc2)(c2ccccc2)c2ccccc2)c(OCCCCC)cc1CP(Br)(c1ccccc1)(c1ccccc1)c1ccccc1. The van der Waals surface area contributed by atoms with Crippen molar-refractivity contribution in [3.63, 3.8) is 0 Å². The number of halogens is 2. The zero-order valence-electron chi connectivity index (χ0n) is 35.0. The summed E-state index contributed by atoms with van der Waals surface area (Å²) in [5, 5.41) is 0.810. The second-order valence-corrected chi connectivity index (χ2v) is 33.7. The third kappa shape index (κ3) is 8.69. The fourth-order valence-corrected chi connectivity index (χ4v) is 24.0. The van der Waals surface area contributed by atoms with Crippen molar-refractivity contribution in [1.82, 2.24) is 0 Å². The van der Waals surface area contributed by atoms with E-state index in [0.29, 0.717) is 25.5 Å². The van der Waals surface area contributed by atoms with Gasteiger partial charge in [-0.05, 0) is 0 Å². The number of ether oxygens (including phenoxy) is 2. The van der Waals surface area contributed by atoms with Gasteiger partial charge in [0.15, 0.2) is 0 Å². The second-order valence-electron chi connectivity index (χ2n) is 15.9. The molecule has 7 aromatic carbocycles. The first-order chi connectivity index (χ1) is 29.3. The zero-order valence-corrected chi connectivity index (χ0v) is 40.0. The standard InChI is InChI=1S/C54H58Br2O2P2/c1-3-5-25-39-57-53-41-46(44-60(56,50-33-19-10-20-34-50,51-35-21-11-22-36-51)52-37-23-12-24-38-52)54(58-40-26-6-4-2)42-45(53)43-59(55,47-27-13-7-14-28-47,48-29-15-8-16-30-48)49-31-17-9-18-32-49/h7-24,27-38,41-42H,3-6,25-26,39-40,43-44H2,1-2H3. The van der Waals surface area contributed by atoms with E-state index in [9.17, 15) is 0 Å². The molecule has 2 nitrogen and oxygen atoms in total. The molecule has 0 bridgehead atoms. The first-order valence-corrected chi connectivity index (χ1v) is 30.4. The fourth-order valence-electron chi connectivity index (χ4n) is 8.74. The Kier molecular flexibility index (Phi) is 14.5. The monoisotopic (exact) mass is 958 g/mol. The van der Waals surface area contributed by atoms with Gasteiger partial charge in [0.25, 0.3) is 0 Å². The Morgan fingerprint density at radius 3 is 0.800 bits per heavy atom. The molecule has 0 heterocycles. The average molecular weight is 961 g/mol. The van der Waals surface area contributed by atoms with E-state index in [1.54, 1.807) is 0 Å². The van der Waals surface area contributed by atoms with Gasteiger partial charge in [-0.3, -0.25) is 0 Å². The molecule has 60 heavy (non-hydrogen) atoms. The molecule has 0 spiro atoms. The molecule has 0 amide bonds. The zero-order chi connectivity index (χ0) is 41.8. The van der Waals surface area contributed by atoms with Crippen LogP contribution in [-0.4, -0.2) is 13.2 Å². The van der Waals surface area contributed by atoms with Crippen LogP contribution in [0.3, 0.4) is 0 Å². The first kappa shape index (κ1) is 44.0. The summed E-state index contributed by atoms with van der Waals surface area (Å²) in [4.78, 5) is 0. The van der Waals surface area contributed by atoms with Gasteiger partial charge in [-0.15, -0.1) is 0 Å². The van der Waals surface area contributed by atoms with Crippen LogP contribution in [0.25, 0.3) is 0 Å². The maximum absolute atomic E-state index is 7.08. The van der Waals surface area contributed by atoms with Gasteiger partial charge in [-0.1, -0.05) is 0 Å². The topological polar surface area (TPSA) is 18.5 Å². The predicted molar refractivity (Wildman–Crippen MR) is 272 cm³/mol. The minimum atomic E-state index is -3.41. The Labute approximate surface area is 375 Å². The van der Waals surface area contributed by atoms with E-state index in [2.05, 4.69) is 208 Å². The molecule has 0 aliphatic rings.